The van der Waals surface area contributed by atoms with Crippen molar-refractivity contribution in [2.45, 2.75) is 39.5 Å². The maximum Gasteiger partial charge on any atom is 0.311 e. The van der Waals surface area contributed by atoms with E-state index in [1.54, 1.807) is 19.1 Å². The third-order valence-electron chi connectivity index (χ3n) is 5.05. The second-order valence-corrected chi connectivity index (χ2v) is 7.41. The molecule has 2 aromatic carbocycles. The van der Waals surface area contributed by atoms with E-state index >= 15 is 0 Å². The molecule has 28 heavy (non-hydrogen) atoms. The van der Waals surface area contributed by atoms with Crippen LogP contribution in [0.3, 0.4) is 0 Å². The van der Waals surface area contributed by atoms with Gasteiger partial charge in [0.1, 0.15) is 5.75 Å². The van der Waals surface area contributed by atoms with Crippen molar-refractivity contribution < 1.29 is 19.8 Å². The van der Waals surface area contributed by atoms with Crippen molar-refractivity contribution in [3.8, 4) is 5.75 Å². The van der Waals surface area contributed by atoms with Gasteiger partial charge >= 0.3 is 5.97 Å². The summed E-state index contributed by atoms with van der Waals surface area (Å²) in [6.45, 7) is 5.58. The number of aromatic hydroxyl groups is 1. The van der Waals surface area contributed by atoms with Crippen LogP contribution in [0.2, 0.25) is 5.02 Å². The van der Waals surface area contributed by atoms with Crippen LogP contribution in [0.4, 0.5) is 0 Å². The Morgan fingerprint density at radius 3 is 2.36 bits per heavy atom. The molecule has 0 aliphatic carbocycles. The fourth-order valence-corrected chi connectivity index (χ4v) is 3.81. The molecule has 1 unspecified atom stereocenters. The number of carboxylic acids is 1. The number of phenolic OH excluding ortho intramolecular Hbond substituents is 1. The lowest BCUT2D eigenvalue weighted by molar-refractivity contribution is -0.139. The van der Waals surface area contributed by atoms with Crippen molar-refractivity contribution in [2.75, 3.05) is 0 Å². The summed E-state index contributed by atoms with van der Waals surface area (Å²) in [6.07, 6.45) is 1.10. The number of halogens is 1. The molecule has 6 heteroatoms. The summed E-state index contributed by atoms with van der Waals surface area (Å²) in [4.78, 5) is 25.2. The first kappa shape index (κ1) is 20.0. The van der Waals surface area contributed by atoms with Crippen LogP contribution in [0.1, 0.15) is 52.9 Å². The Bertz CT molecular complexity index is 1070. The predicted molar refractivity (Wildman–Crippen MR) is 110 cm³/mol. The largest absolute Gasteiger partial charge is 0.506 e. The Morgan fingerprint density at radius 2 is 1.79 bits per heavy atom. The maximum atomic E-state index is 13.3. The molecule has 0 spiro atoms. The zero-order valence-corrected chi connectivity index (χ0v) is 16.7. The highest BCUT2D eigenvalue weighted by Crippen LogP contribution is 2.39. The first-order valence-corrected chi connectivity index (χ1v) is 9.51. The number of benzene rings is 2. The summed E-state index contributed by atoms with van der Waals surface area (Å²) in [7, 11) is 0. The second-order valence-electron chi connectivity index (χ2n) is 7.01. The number of fused-ring (bicyclic) bond motifs is 1. The number of carbonyl (C=O) groups is 2. The van der Waals surface area contributed by atoms with Crippen LogP contribution in [-0.4, -0.2) is 26.7 Å². The van der Waals surface area contributed by atoms with Crippen molar-refractivity contribution in [2.24, 2.45) is 0 Å². The van der Waals surface area contributed by atoms with Crippen molar-refractivity contribution in [1.82, 2.24) is 4.57 Å². The number of carbonyl (C=O) groups excluding carboxylic acids is 1. The fraction of sp³-hybridized carbons (Fsp3) is 0.273. The van der Waals surface area contributed by atoms with E-state index < -0.39 is 11.9 Å². The summed E-state index contributed by atoms with van der Waals surface area (Å²) >= 11 is 6.11. The lowest BCUT2D eigenvalue weighted by Gasteiger charge is -2.13. The Kier molecular flexibility index (Phi) is 5.47. The van der Waals surface area contributed by atoms with Crippen LogP contribution in [0.5, 0.6) is 5.75 Å². The molecule has 5 nitrogen and oxygen atoms in total. The van der Waals surface area contributed by atoms with Gasteiger partial charge in [0, 0.05) is 16.6 Å². The van der Waals surface area contributed by atoms with Crippen molar-refractivity contribution in [3.63, 3.8) is 0 Å². The van der Waals surface area contributed by atoms with Gasteiger partial charge in [-0.3, -0.25) is 14.2 Å². The zero-order chi connectivity index (χ0) is 20.6. The topological polar surface area (TPSA) is 79.5 Å². The standard InChI is InChI=1S/C22H22ClNO4/c1-4-5-15(22(27)28)20-13(3)24(18-11-17(23)19(25)10-16(18)20)21(26)14-8-6-12(2)7-9-14/h6-11,15,25H,4-5H2,1-3H3,(H,27,28). The molecule has 0 fully saturated rings. The molecule has 2 N–H and O–H groups in total. The van der Waals surface area contributed by atoms with Crippen molar-refractivity contribution >= 4 is 34.4 Å². The van der Waals surface area contributed by atoms with Crippen molar-refractivity contribution in [3.05, 3.63) is 63.8 Å². The van der Waals surface area contributed by atoms with Gasteiger partial charge in [0.2, 0.25) is 0 Å². The van der Waals surface area contributed by atoms with E-state index in [1.165, 1.54) is 16.7 Å². The molecule has 146 valence electrons. The van der Waals surface area contributed by atoms with Gasteiger partial charge in [-0.15, -0.1) is 0 Å². The molecule has 0 aliphatic rings. The van der Waals surface area contributed by atoms with Gasteiger partial charge in [-0.05, 0) is 50.1 Å². The van der Waals surface area contributed by atoms with Crippen molar-refractivity contribution in [1.29, 1.82) is 0 Å². The smallest absolute Gasteiger partial charge is 0.311 e. The second kappa shape index (κ2) is 7.68. The Balaban J connectivity index is 2.32. The van der Waals surface area contributed by atoms with E-state index in [-0.39, 0.29) is 16.7 Å². The van der Waals surface area contributed by atoms with Crippen LogP contribution in [0.25, 0.3) is 10.9 Å². The van der Waals surface area contributed by atoms with E-state index in [2.05, 4.69) is 0 Å². The highest BCUT2D eigenvalue weighted by Gasteiger charge is 2.29. The summed E-state index contributed by atoms with van der Waals surface area (Å²) in [6, 6.07) is 10.1. The summed E-state index contributed by atoms with van der Waals surface area (Å²) in [5.74, 6) is -2.14. The van der Waals surface area contributed by atoms with Gasteiger partial charge in [-0.25, -0.2) is 0 Å². The molecule has 0 amide bonds. The Hall–Kier alpha value is -2.79. The highest BCUT2D eigenvalue weighted by atomic mass is 35.5. The maximum absolute atomic E-state index is 13.3. The van der Waals surface area contributed by atoms with E-state index in [4.69, 9.17) is 11.6 Å². The zero-order valence-electron chi connectivity index (χ0n) is 16.0. The number of aliphatic carboxylic acids is 1. The quantitative estimate of drug-likeness (QED) is 0.612. The normalized spacial score (nSPS) is 12.3. The van der Waals surface area contributed by atoms with Crippen LogP contribution in [0.15, 0.2) is 36.4 Å². The lowest BCUT2D eigenvalue weighted by Crippen LogP contribution is -2.16. The summed E-state index contributed by atoms with van der Waals surface area (Å²) in [5, 5.41) is 20.5. The van der Waals surface area contributed by atoms with Gasteiger partial charge in [0.05, 0.1) is 16.5 Å². The van der Waals surface area contributed by atoms with Gasteiger partial charge in [0.25, 0.3) is 5.91 Å². The number of phenols is 1. The Labute approximate surface area is 168 Å². The highest BCUT2D eigenvalue weighted by molar-refractivity contribution is 6.33. The number of nitrogens with zero attached hydrogens (tertiary/aromatic N) is 1. The molecule has 0 aliphatic heterocycles. The minimum Gasteiger partial charge on any atom is -0.506 e. The van der Waals surface area contributed by atoms with Crippen LogP contribution >= 0.6 is 11.6 Å². The number of hydrogen-bond donors (Lipinski definition) is 2. The van der Waals surface area contributed by atoms with Gasteiger partial charge in [0.15, 0.2) is 0 Å². The lowest BCUT2D eigenvalue weighted by atomic mass is 9.92. The monoisotopic (exact) mass is 399 g/mol. The molecule has 0 radical (unpaired) electrons. The van der Waals surface area contributed by atoms with E-state index in [9.17, 15) is 19.8 Å². The molecule has 0 bridgehead atoms. The first-order chi connectivity index (χ1) is 13.3. The molecule has 0 saturated heterocycles. The molecule has 3 aromatic rings. The molecule has 1 heterocycles. The molecule has 3 rings (SSSR count). The van der Waals surface area contributed by atoms with Crippen LogP contribution in [-0.2, 0) is 4.79 Å². The predicted octanol–water partition coefficient (Wildman–Crippen LogP) is 5.27. The van der Waals surface area contributed by atoms with Gasteiger partial charge < -0.3 is 10.2 Å². The number of hydrogen-bond acceptors (Lipinski definition) is 3. The molecule has 1 aromatic heterocycles. The average Bonchev–Trinajstić information content (AvgIpc) is 2.91. The third kappa shape index (κ3) is 3.38. The van der Waals surface area contributed by atoms with E-state index in [1.807, 2.05) is 26.0 Å². The average molecular weight is 400 g/mol. The number of aryl methyl sites for hydroxylation is 1. The van der Waals surface area contributed by atoms with Crippen LogP contribution < -0.4 is 0 Å². The fourth-order valence-electron chi connectivity index (χ4n) is 3.65. The number of carboxylic acid groups (broad SMARTS) is 1. The minimum absolute atomic E-state index is 0.108. The first-order valence-electron chi connectivity index (χ1n) is 9.13. The van der Waals surface area contributed by atoms with E-state index in [0.29, 0.717) is 40.6 Å². The molecular weight excluding hydrogens is 378 g/mol. The van der Waals surface area contributed by atoms with Crippen LogP contribution in [0, 0.1) is 13.8 Å². The minimum atomic E-state index is -0.957. The molecule has 1 atom stereocenters. The van der Waals surface area contributed by atoms with Gasteiger partial charge in [-0.1, -0.05) is 42.6 Å². The molecular formula is C22H22ClNO4. The number of rotatable bonds is 5. The third-order valence-corrected chi connectivity index (χ3v) is 5.35. The molecule has 0 saturated carbocycles. The summed E-state index contributed by atoms with van der Waals surface area (Å²) < 4.78 is 1.49. The number of aromatic nitrogens is 1. The summed E-state index contributed by atoms with van der Waals surface area (Å²) in [5.41, 5.74) is 3.10. The van der Waals surface area contributed by atoms with E-state index in [0.717, 1.165) is 5.56 Å². The Morgan fingerprint density at radius 1 is 1.14 bits per heavy atom. The van der Waals surface area contributed by atoms with Gasteiger partial charge in [-0.2, -0.15) is 0 Å². The SMILES string of the molecule is CCCC(C(=O)O)c1c(C)n(C(=O)c2ccc(C)cc2)c2cc(Cl)c(O)cc12.